The molecule has 2 N–H and O–H groups in total. The van der Waals surface area contributed by atoms with E-state index in [1.807, 2.05) is 36.4 Å². The summed E-state index contributed by atoms with van der Waals surface area (Å²) in [6.45, 7) is 5.74. The molecule has 2 heterocycles. The zero-order valence-corrected chi connectivity index (χ0v) is 18.5. The number of nitrogens with zero attached hydrogens (tertiary/aromatic N) is 2. The molecule has 2 aliphatic heterocycles. The lowest BCUT2D eigenvalue weighted by molar-refractivity contribution is -0.118. The molecule has 2 saturated heterocycles. The monoisotopic (exact) mass is 444 g/mol. The van der Waals surface area contributed by atoms with Crippen molar-refractivity contribution in [3.8, 4) is 5.75 Å². The molecule has 2 aromatic carbocycles. The van der Waals surface area contributed by atoms with Crippen molar-refractivity contribution >= 4 is 28.9 Å². The summed E-state index contributed by atoms with van der Waals surface area (Å²) in [7, 11) is 1.68. The SMILES string of the molecule is COc1ccccc1[C@H]1CNCCN1CC(=O)Nc1ccc(N2CCOCC2)c(Cl)c1. The molecule has 0 radical (unpaired) electrons. The average Bonchev–Trinajstić information content (AvgIpc) is 2.80. The van der Waals surface area contributed by atoms with Gasteiger partial charge < -0.3 is 25.0 Å². The Kier molecular flexibility index (Phi) is 7.29. The van der Waals surface area contributed by atoms with Crippen molar-refractivity contribution in [3.05, 3.63) is 53.1 Å². The fourth-order valence-corrected chi connectivity index (χ4v) is 4.51. The highest BCUT2D eigenvalue weighted by Crippen LogP contribution is 2.31. The number of hydrogen-bond acceptors (Lipinski definition) is 6. The van der Waals surface area contributed by atoms with Crippen molar-refractivity contribution in [2.45, 2.75) is 6.04 Å². The molecule has 0 aromatic heterocycles. The number of ether oxygens (including phenoxy) is 2. The van der Waals surface area contributed by atoms with Crippen LogP contribution in [0.2, 0.25) is 5.02 Å². The van der Waals surface area contributed by atoms with Gasteiger partial charge in [-0.1, -0.05) is 29.8 Å². The Morgan fingerprint density at radius 2 is 2.03 bits per heavy atom. The Hall–Kier alpha value is -2.32. The van der Waals surface area contributed by atoms with E-state index in [1.165, 1.54) is 0 Å². The number of carbonyl (C=O) groups excluding carboxylic acids is 1. The van der Waals surface area contributed by atoms with Gasteiger partial charge >= 0.3 is 0 Å². The highest BCUT2D eigenvalue weighted by atomic mass is 35.5. The van der Waals surface area contributed by atoms with E-state index in [9.17, 15) is 4.79 Å². The van der Waals surface area contributed by atoms with Crippen LogP contribution in [-0.4, -0.2) is 70.4 Å². The van der Waals surface area contributed by atoms with Crippen LogP contribution in [0.3, 0.4) is 0 Å². The normalized spacial score (nSPS) is 19.8. The molecule has 0 bridgehead atoms. The predicted molar refractivity (Wildman–Crippen MR) is 123 cm³/mol. The van der Waals surface area contributed by atoms with Crippen molar-refractivity contribution in [3.63, 3.8) is 0 Å². The van der Waals surface area contributed by atoms with Crippen LogP contribution >= 0.6 is 11.6 Å². The third-order valence-corrected chi connectivity index (χ3v) is 6.08. The number of piperazine rings is 1. The number of amides is 1. The number of carbonyl (C=O) groups is 1. The second-order valence-electron chi connectivity index (χ2n) is 7.75. The largest absolute Gasteiger partial charge is 0.496 e. The first-order valence-corrected chi connectivity index (χ1v) is 11.0. The number of methoxy groups -OCH3 is 1. The molecule has 2 aromatic rings. The van der Waals surface area contributed by atoms with E-state index < -0.39 is 0 Å². The number of anilines is 2. The minimum Gasteiger partial charge on any atom is -0.496 e. The van der Waals surface area contributed by atoms with Crippen molar-refractivity contribution in [2.24, 2.45) is 0 Å². The second kappa shape index (κ2) is 10.3. The lowest BCUT2D eigenvalue weighted by Crippen LogP contribution is -2.48. The van der Waals surface area contributed by atoms with E-state index >= 15 is 0 Å². The van der Waals surface area contributed by atoms with Gasteiger partial charge in [-0.15, -0.1) is 0 Å². The van der Waals surface area contributed by atoms with Gasteiger partial charge in [0, 0.05) is 44.0 Å². The highest BCUT2D eigenvalue weighted by molar-refractivity contribution is 6.33. The van der Waals surface area contributed by atoms with Crippen LogP contribution in [0.1, 0.15) is 11.6 Å². The van der Waals surface area contributed by atoms with Gasteiger partial charge in [0.2, 0.25) is 5.91 Å². The highest BCUT2D eigenvalue weighted by Gasteiger charge is 2.27. The fourth-order valence-electron chi connectivity index (χ4n) is 4.21. The number of benzene rings is 2. The third-order valence-electron chi connectivity index (χ3n) is 5.78. The summed E-state index contributed by atoms with van der Waals surface area (Å²) in [4.78, 5) is 17.2. The summed E-state index contributed by atoms with van der Waals surface area (Å²) in [6, 6.07) is 13.7. The second-order valence-corrected chi connectivity index (χ2v) is 8.15. The Morgan fingerprint density at radius 3 is 2.81 bits per heavy atom. The molecular formula is C23H29ClN4O3. The van der Waals surface area contributed by atoms with E-state index in [0.717, 1.165) is 49.7 Å². The molecule has 7 nitrogen and oxygen atoms in total. The molecule has 31 heavy (non-hydrogen) atoms. The third kappa shape index (κ3) is 5.30. The molecule has 1 atom stereocenters. The van der Waals surface area contributed by atoms with Crippen LogP contribution in [0, 0.1) is 0 Å². The average molecular weight is 445 g/mol. The molecule has 4 rings (SSSR count). The Morgan fingerprint density at radius 1 is 1.23 bits per heavy atom. The van der Waals surface area contributed by atoms with Crippen LogP contribution < -0.4 is 20.3 Å². The summed E-state index contributed by atoms with van der Waals surface area (Å²) in [5, 5.41) is 7.06. The Balaban J connectivity index is 1.42. The smallest absolute Gasteiger partial charge is 0.238 e. The minimum absolute atomic E-state index is 0.0583. The molecule has 0 aliphatic carbocycles. The molecule has 0 saturated carbocycles. The van der Waals surface area contributed by atoms with Crippen LogP contribution in [-0.2, 0) is 9.53 Å². The molecule has 0 spiro atoms. The van der Waals surface area contributed by atoms with Crippen LogP contribution in [0.5, 0.6) is 5.75 Å². The molecule has 0 unspecified atom stereocenters. The van der Waals surface area contributed by atoms with Crippen molar-refractivity contribution in [1.29, 1.82) is 0 Å². The maximum atomic E-state index is 12.8. The molecular weight excluding hydrogens is 416 g/mol. The molecule has 2 aliphatic rings. The number of para-hydroxylation sites is 1. The summed E-state index contributed by atoms with van der Waals surface area (Å²) in [5.74, 6) is 0.782. The van der Waals surface area contributed by atoms with Crippen LogP contribution in [0.25, 0.3) is 0 Å². The number of halogens is 1. The first-order valence-electron chi connectivity index (χ1n) is 10.7. The molecule has 2 fully saturated rings. The maximum absolute atomic E-state index is 12.8. The van der Waals surface area contributed by atoms with Crippen molar-refractivity contribution < 1.29 is 14.3 Å². The molecule has 8 heteroatoms. The summed E-state index contributed by atoms with van der Waals surface area (Å²) >= 11 is 6.51. The summed E-state index contributed by atoms with van der Waals surface area (Å²) in [5.41, 5.74) is 2.76. The maximum Gasteiger partial charge on any atom is 0.238 e. The quantitative estimate of drug-likeness (QED) is 0.714. The Labute approximate surface area is 188 Å². The fraction of sp³-hybridized carbons (Fsp3) is 0.435. The lowest BCUT2D eigenvalue weighted by Gasteiger charge is -2.36. The minimum atomic E-state index is -0.0583. The van der Waals surface area contributed by atoms with Crippen molar-refractivity contribution in [1.82, 2.24) is 10.2 Å². The number of morpholine rings is 1. The van der Waals surface area contributed by atoms with E-state index in [1.54, 1.807) is 7.11 Å². The topological polar surface area (TPSA) is 66.1 Å². The summed E-state index contributed by atoms with van der Waals surface area (Å²) in [6.07, 6.45) is 0. The van der Waals surface area contributed by atoms with E-state index in [4.69, 9.17) is 21.1 Å². The van der Waals surface area contributed by atoms with Gasteiger partial charge in [-0.3, -0.25) is 9.69 Å². The van der Waals surface area contributed by atoms with E-state index in [-0.39, 0.29) is 11.9 Å². The van der Waals surface area contributed by atoms with E-state index in [2.05, 4.69) is 26.5 Å². The van der Waals surface area contributed by atoms with Gasteiger partial charge in [0.1, 0.15) is 5.75 Å². The first kappa shape index (κ1) is 21.9. The number of nitrogens with one attached hydrogen (secondary N) is 2. The van der Waals surface area contributed by atoms with Gasteiger partial charge in [0.25, 0.3) is 0 Å². The van der Waals surface area contributed by atoms with Gasteiger partial charge in [-0.2, -0.15) is 0 Å². The zero-order chi connectivity index (χ0) is 21.6. The van der Waals surface area contributed by atoms with Gasteiger partial charge in [0.05, 0.1) is 43.6 Å². The number of rotatable bonds is 6. The zero-order valence-electron chi connectivity index (χ0n) is 17.8. The molecule has 166 valence electrons. The number of hydrogen-bond donors (Lipinski definition) is 2. The Bertz CT molecular complexity index is 904. The first-order chi connectivity index (χ1) is 15.2. The van der Waals surface area contributed by atoms with Crippen LogP contribution in [0.15, 0.2) is 42.5 Å². The van der Waals surface area contributed by atoms with Crippen molar-refractivity contribution in [2.75, 3.05) is 69.8 Å². The van der Waals surface area contributed by atoms with Gasteiger partial charge in [-0.25, -0.2) is 0 Å². The van der Waals surface area contributed by atoms with E-state index in [0.29, 0.717) is 30.5 Å². The van der Waals surface area contributed by atoms with Gasteiger partial charge in [0.15, 0.2) is 0 Å². The predicted octanol–water partition coefficient (Wildman–Crippen LogP) is 2.77. The van der Waals surface area contributed by atoms with Gasteiger partial charge in [-0.05, 0) is 24.3 Å². The van der Waals surface area contributed by atoms with Crippen LogP contribution in [0.4, 0.5) is 11.4 Å². The standard InChI is InChI=1S/C23H29ClN4O3/c1-30-22-5-3-2-4-18(22)21-15-25-8-9-28(21)16-23(29)26-17-6-7-20(19(24)14-17)27-10-12-31-13-11-27/h2-7,14,21,25H,8-13,15-16H2,1H3,(H,26,29)/t21-/m1/s1. The molecule has 1 amide bonds. The summed E-state index contributed by atoms with van der Waals surface area (Å²) < 4.78 is 10.9. The lowest BCUT2D eigenvalue weighted by atomic mass is 10.0.